The van der Waals surface area contributed by atoms with E-state index in [2.05, 4.69) is 15.5 Å². The van der Waals surface area contributed by atoms with Gasteiger partial charge in [-0.25, -0.2) is 0 Å². The Morgan fingerprint density at radius 2 is 1.96 bits per heavy atom. The van der Waals surface area contributed by atoms with Gasteiger partial charge in [-0.05, 0) is 43.0 Å². The van der Waals surface area contributed by atoms with E-state index in [1.54, 1.807) is 35.9 Å². The van der Waals surface area contributed by atoms with E-state index in [0.29, 0.717) is 21.3 Å². The number of benzene rings is 2. The molecule has 3 aromatic rings. The number of para-hydroxylation sites is 1. The number of nitro groups is 1. The normalized spacial score (nSPS) is 10.5. The molecule has 0 saturated heterocycles. The van der Waals surface area contributed by atoms with E-state index in [9.17, 15) is 19.7 Å². The van der Waals surface area contributed by atoms with Crippen LogP contribution in [0.15, 0.2) is 58.8 Å². The van der Waals surface area contributed by atoms with Crippen molar-refractivity contribution in [2.45, 2.75) is 17.0 Å². The zero-order valence-corrected chi connectivity index (χ0v) is 15.8. The zero-order valence-electron chi connectivity index (χ0n) is 14.9. The van der Waals surface area contributed by atoms with Crippen LogP contribution in [0.4, 0.5) is 11.4 Å². The van der Waals surface area contributed by atoms with E-state index in [1.807, 2.05) is 0 Å². The highest BCUT2D eigenvalue weighted by atomic mass is 32.2. The van der Waals surface area contributed by atoms with E-state index in [1.165, 1.54) is 31.5 Å². The Bertz CT molecular complexity index is 1080. The second-order valence-electron chi connectivity index (χ2n) is 5.82. The third-order valence-corrected chi connectivity index (χ3v) is 4.96. The summed E-state index contributed by atoms with van der Waals surface area (Å²) in [5.74, 6) is -0.746. The first-order valence-electron chi connectivity index (χ1n) is 8.08. The second kappa shape index (κ2) is 8.01. The van der Waals surface area contributed by atoms with Crippen LogP contribution in [0.2, 0.25) is 0 Å². The van der Waals surface area contributed by atoms with Crippen LogP contribution >= 0.6 is 11.8 Å². The molecule has 0 aliphatic carbocycles. The van der Waals surface area contributed by atoms with Gasteiger partial charge in [-0.2, -0.15) is 0 Å². The lowest BCUT2D eigenvalue weighted by molar-refractivity contribution is -0.387. The number of hydrogen-bond acceptors (Lipinski definition) is 7. The molecule has 9 nitrogen and oxygen atoms in total. The van der Waals surface area contributed by atoms with Crippen LogP contribution < -0.4 is 5.32 Å². The van der Waals surface area contributed by atoms with Crippen LogP contribution in [-0.2, 0) is 7.05 Å². The van der Waals surface area contributed by atoms with E-state index in [4.69, 9.17) is 0 Å². The molecule has 1 N–H and O–H groups in total. The molecule has 1 heterocycles. The average Bonchev–Trinajstić information content (AvgIpc) is 3.06. The van der Waals surface area contributed by atoms with Crippen molar-refractivity contribution in [1.29, 1.82) is 0 Å². The Balaban J connectivity index is 1.90. The Kier molecular flexibility index (Phi) is 5.50. The number of aryl methyl sites for hydroxylation is 1. The summed E-state index contributed by atoms with van der Waals surface area (Å²) < 4.78 is 1.63. The number of anilines is 1. The number of carbonyl (C=O) groups is 2. The van der Waals surface area contributed by atoms with Crippen LogP contribution in [0.25, 0.3) is 0 Å². The van der Waals surface area contributed by atoms with E-state index >= 15 is 0 Å². The van der Waals surface area contributed by atoms with Crippen molar-refractivity contribution in [3.05, 3.63) is 70.0 Å². The topological polar surface area (TPSA) is 120 Å². The number of rotatable bonds is 6. The van der Waals surface area contributed by atoms with Crippen molar-refractivity contribution in [2.75, 3.05) is 5.32 Å². The smallest absolute Gasteiger partial charge is 0.284 e. The van der Waals surface area contributed by atoms with Gasteiger partial charge in [-0.1, -0.05) is 12.1 Å². The van der Waals surface area contributed by atoms with Crippen molar-refractivity contribution >= 4 is 34.8 Å². The van der Waals surface area contributed by atoms with Crippen LogP contribution in [0.3, 0.4) is 0 Å². The van der Waals surface area contributed by atoms with Gasteiger partial charge in [-0.15, -0.1) is 10.2 Å². The number of nitrogens with zero attached hydrogens (tertiary/aromatic N) is 4. The van der Waals surface area contributed by atoms with Gasteiger partial charge in [0.15, 0.2) is 10.9 Å². The molecule has 0 saturated carbocycles. The maximum Gasteiger partial charge on any atom is 0.284 e. The van der Waals surface area contributed by atoms with Gasteiger partial charge in [0.2, 0.25) is 0 Å². The highest BCUT2D eigenvalue weighted by molar-refractivity contribution is 7.99. The first-order chi connectivity index (χ1) is 13.4. The molecule has 3 rings (SSSR count). The molecule has 0 unspecified atom stereocenters. The lowest BCUT2D eigenvalue weighted by atomic mass is 10.1. The number of ketones is 1. The summed E-state index contributed by atoms with van der Waals surface area (Å²) in [7, 11) is 1.72. The SMILES string of the molecule is CC(=O)c1ccccc1NC(=O)c1ccc(Sc2nncn2C)c([N+](=O)[O-])c1. The van der Waals surface area contributed by atoms with Crippen molar-refractivity contribution < 1.29 is 14.5 Å². The maximum atomic E-state index is 12.6. The molecule has 1 amide bonds. The Labute approximate surface area is 163 Å². The minimum Gasteiger partial charge on any atom is -0.321 e. The van der Waals surface area contributed by atoms with Crippen molar-refractivity contribution in [1.82, 2.24) is 14.8 Å². The van der Waals surface area contributed by atoms with E-state index in [-0.39, 0.29) is 17.0 Å². The molecular weight excluding hydrogens is 382 g/mol. The lowest BCUT2D eigenvalue weighted by Crippen LogP contribution is -2.14. The first kappa shape index (κ1) is 19.2. The summed E-state index contributed by atoms with van der Waals surface area (Å²) in [6, 6.07) is 10.7. The Morgan fingerprint density at radius 3 is 2.61 bits per heavy atom. The van der Waals surface area contributed by atoms with E-state index in [0.717, 1.165) is 11.8 Å². The molecule has 0 radical (unpaired) electrons. The van der Waals surface area contributed by atoms with Gasteiger partial charge >= 0.3 is 0 Å². The number of Topliss-reactive ketones (excluding diaryl/α,β-unsaturated/α-hetero) is 1. The monoisotopic (exact) mass is 397 g/mol. The fraction of sp³-hybridized carbons (Fsp3) is 0.111. The highest BCUT2D eigenvalue weighted by Crippen LogP contribution is 2.34. The number of nitrogens with one attached hydrogen (secondary N) is 1. The summed E-state index contributed by atoms with van der Waals surface area (Å²) in [6.45, 7) is 1.40. The Hall–Kier alpha value is -3.53. The summed E-state index contributed by atoms with van der Waals surface area (Å²) in [4.78, 5) is 35.5. The predicted octanol–water partition coefficient (Wildman–Crippen LogP) is 3.33. The molecule has 0 atom stereocenters. The van der Waals surface area contributed by atoms with Crippen molar-refractivity contribution in [3.63, 3.8) is 0 Å². The van der Waals surface area contributed by atoms with Gasteiger partial charge in [0.1, 0.15) is 6.33 Å². The molecule has 0 bridgehead atoms. The fourth-order valence-electron chi connectivity index (χ4n) is 2.44. The number of carbonyl (C=O) groups excluding carboxylic acids is 2. The fourth-order valence-corrected chi connectivity index (χ4v) is 3.29. The van der Waals surface area contributed by atoms with E-state index < -0.39 is 10.8 Å². The largest absolute Gasteiger partial charge is 0.321 e. The van der Waals surface area contributed by atoms with Gasteiger partial charge < -0.3 is 9.88 Å². The van der Waals surface area contributed by atoms with Crippen LogP contribution in [0, 0.1) is 10.1 Å². The molecule has 0 fully saturated rings. The number of aromatic nitrogens is 3. The predicted molar refractivity (Wildman–Crippen MR) is 103 cm³/mol. The quantitative estimate of drug-likeness (QED) is 0.385. The van der Waals surface area contributed by atoms with Gasteiger partial charge in [0.05, 0.1) is 15.5 Å². The number of hydrogen-bond donors (Lipinski definition) is 1. The summed E-state index contributed by atoms with van der Waals surface area (Å²) in [6.07, 6.45) is 1.49. The van der Waals surface area contributed by atoms with Crippen molar-refractivity contribution in [2.24, 2.45) is 7.05 Å². The maximum absolute atomic E-state index is 12.6. The second-order valence-corrected chi connectivity index (χ2v) is 6.83. The Morgan fingerprint density at radius 1 is 1.21 bits per heavy atom. The lowest BCUT2D eigenvalue weighted by Gasteiger charge is -2.10. The van der Waals surface area contributed by atoms with Crippen LogP contribution in [0.1, 0.15) is 27.6 Å². The third kappa shape index (κ3) is 4.07. The van der Waals surface area contributed by atoms with Crippen LogP contribution in [-0.4, -0.2) is 31.4 Å². The standard InChI is InChI=1S/C18H15N5O4S/c1-11(24)13-5-3-4-6-14(13)20-17(25)12-7-8-16(15(9-12)23(26)27)28-18-21-19-10-22(18)2/h3-10H,1-2H3,(H,20,25). The molecule has 1 aromatic heterocycles. The third-order valence-electron chi connectivity index (χ3n) is 3.84. The molecule has 0 aliphatic rings. The molecule has 28 heavy (non-hydrogen) atoms. The minimum atomic E-state index is -0.557. The molecule has 10 heteroatoms. The molecule has 2 aromatic carbocycles. The zero-order chi connectivity index (χ0) is 20.3. The summed E-state index contributed by atoms with van der Waals surface area (Å²) >= 11 is 1.08. The molecule has 142 valence electrons. The summed E-state index contributed by atoms with van der Waals surface area (Å²) in [5, 5.41) is 22.2. The van der Waals surface area contributed by atoms with Crippen LogP contribution in [0.5, 0.6) is 0 Å². The number of nitro benzene ring substituents is 1. The summed E-state index contributed by atoms with van der Waals surface area (Å²) in [5.41, 5.74) is 0.591. The first-order valence-corrected chi connectivity index (χ1v) is 8.90. The minimum absolute atomic E-state index is 0.104. The van der Waals surface area contributed by atoms with Crippen molar-refractivity contribution in [3.8, 4) is 0 Å². The number of amides is 1. The molecule has 0 spiro atoms. The average molecular weight is 397 g/mol. The van der Waals surface area contributed by atoms with Gasteiger partial charge in [0, 0.05) is 24.2 Å². The van der Waals surface area contributed by atoms with Gasteiger partial charge in [0.25, 0.3) is 11.6 Å². The highest BCUT2D eigenvalue weighted by Gasteiger charge is 2.20. The molecular formula is C18H15N5O4S. The van der Waals surface area contributed by atoms with Gasteiger partial charge in [-0.3, -0.25) is 19.7 Å². The molecule has 0 aliphatic heterocycles.